The van der Waals surface area contributed by atoms with Gasteiger partial charge in [-0.15, -0.1) is 0 Å². The molecule has 186 valence electrons. The highest BCUT2D eigenvalue weighted by atomic mass is 16.6. The van der Waals surface area contributed by atoms with Gasteiger partial charge < -0.3 is 14.4 Å². The number of amides is 1. The van der Waals surface area contributed by atoms with Gasteiger partial charge in [-0.2, -0.15) is 0 Å². The average molecular weight is 495 g/mol. The number of benzene rings is 3. The number of aryl methyl sites for hydroxylation is 1. The van der Waals surface area contributed by atoms with Crippen LogP contribution in [0.15, 0.2) is 83.4 Å². The Balaban J connectivity index is 1.46. The van der Waals surface area contributed by atoms with Gasteiger partial charge in [0.1, 0.15) is 6.61 Å². The number of rotatable bonds is 7. The number of nitrogens with zero attached hydrogens (tertiary/aromatic N) is 2. The molecule has 2 aliphatic rings. The highest BCUT2D eigenvalue weighted by molar-refractivity contribution is 5.88. The van der Waals surface area contributed by atoms with Crippen LogP contribution in [0.3, 0.4) is 0 Å². The van der Waals surface area contributed by atoms with Crippen molar-refractivity contribution in [2.75, 3.05) is 6.61 Å². The number of cyclic esters (lactones) is 1. The van der Waals surface area contributed by atoms with Gasteiger partial charge >= 0.3 is 12.1 Å². The molecule has 4 aromatic rings. The lowest BCUT2D eigenvalue weighted by atomic mass is 9.88. The Bertz CT molecular complexity index is 1470. The molecule has 0 bridgehead atoms. The molecule has 3 aromatic carbocycles. The predicted molar refractivity (Wildman–Crippen MR) is 137 cm³/mol. The first-order chi connectivity index (χ1) is 18.0. The Hall–Kier alpha value is -4.39. The normalized spacial score (nSPS) is 18.0. The Kier molecular flexibility index (Phi) is 5.56. The van der Waals surface area contributed by atoms with Crippen LogP contribution < -0.4 is 0 Å². The second kappa shape index (κ2) is 8.92. The number of carbonyl (C=O) groups is 2. The molecule has 1 amide bonds. The van der Waals surface area contributed by atoms with E-state index in [9.17, 15) is 14.7 Å². The van der Waals surface area contributed by atoms with E-state index in [4.69, 9.17) is 9.26 Å². The monoisotopic (exact) mass is 494 g/mol. The predicted octanol–water partition coefficient (Wildman–Crippen LogP) is 6.13. The van der Waals surface area contributed by atoms with Gasteiger partial charge in [0.15, 0.2) is 5.76 Å². The van der Waals surface area contributed by atoms with E-state index in [-0.39, 0.29) is 25.3 Å². The molecular weight excluding hydrogens is 468 g/mol. The van der Waals surface area contributed by atoms with Gasteiger partial charge in [-0.3, -0.25) is 9.69 Å². The summed E-state index contributed by atoms with van der Waals surface area (Å²) in [6, 6.07) is 25.3. The van der Waals surface area contributed by atoms with Crippen LogP contribution >= 0.6 is 0 Å². The second-order valence-corrected chi connectivity index (χ2v) is 9.72. The van der Waals surface area contributed by atoms with Gasteiger partial charge in [0.05, 0.1) is 23.7 Å². The van der Waals surface area contributed by atoms with Gasteiger partial charge in [0.2, 0.25) is 0 Å². The number of hydrogen-bond donors (Lipinski definition) is 1. The lowest BCUT2D eigenvalue weighted by molar-refractivity contribution is -0.140. The summed E-state index contributed by atoms with van der Waals surface area (Å²) >= 11 is 0. The fraction of sp³-hybridized carbons (Fsp3) is 0.233. The quantitative estimate of drug-likeness (QED) is 0.332. The highest BCUT2D eigenvalue weighted by Crippen LogP contribution is 2.50. The lowest BCUT2D eigenvalue weighted by Crippen LogP contribution is -2.27. The first kappa shape index (κ1) is 23.0. The Morgan fingerprint density at radius 1 is 1.03 bits per heavy atom. The van der Waals surface area contributed by atoms with Crippen LogP contribution in [0.25, 0.3) is 22.5 Å². The van der Waals surface area contributed by atoms with Gasteiger partial charge in [0, 0.05) is 11.1 Å². The smallest absolute Gasteiger partial charge is 0.410 e. The maximum Gasteiger partial charge on any atom is 0.410 e. The number of carboxylic acids is 1. The van der Waals surface area contributed by atoms with E-state index in [2.05, 4.69) is 5.16 Å². The summed E-state index contributed by atoms with van der Waals surface area (Å²) in [6.07, 6.45) is 0.820. The Morgan fingerprint density at radius 2 is 1.73 bits per heavy atom. The summed E-state index contributed by atoms with van der Waals surface area (Å²) in [4.78, 5) is 26.6. The van der Waals surface area contributed by atoms with Crippen LogP contribution in [0.5, 0.6) is 0 Å². The van der Waals surface area contributed by atoms with Crippen LogP contribution in [0, 0.1) is 6.92 Å². The van der Waals surface area contributed by atoms with Crippen LogP contribution in [0.1, 0.15) is 41.3 Å². The highest BCUT2D eigenvalue weighted by Gasteiger charge is 2.52. The molecule has 1 aromatic heterocycles. The van der Waals surface area contributed by atoms with Crippen molar-refractivity contribution < 1.29 is 24.0 Å². The van der Waals surface area contributed by atoms with Gasteiger partial charge in [-0.05, 0) is 48.1 Å². The Labute approximate surface area is 214 Å². The van der Waals surface area contributed by atoms with E-state index in [1.165, 1.54) is 0 Å². The molecule has 1 aliphatic heterocycles. The molecule has 1 aliphatic carbocycles. The van der Waals surface area contributed by atoms with Crippen molar-refractivity contribution in [2.45, 2.75) is 37.8 Å². The summed E-state index contributed by atoms with van der Waals surface area (Å²) in [6.45, 7) is 2.38. The number of ether oxygens (including phenoxy) is 1. The van der Waals surface area contributed by atoms with Gasteiger partial charge in [0.25, 0.3) is 0 Å². The molecule has 1 saturated carbocycles. The lowest BCUT2D eigenvalue weighted by Gasteiger charge is -2.22. The van der Waals surface area contributed by atoms with Crippen molar-refractivity contribution in [3.8, 4) is 22.5 Å². The number of hydrogen-bond acceptors (Lipinski definition) is 5. The van der Waals surface area contributed by atoms with Crippen molar-refractivity contribution in [2.24, 2.45) is 0 Å². The number of aromatic nitrogens is 1. The molecule has 6 rings (SSSR count). The van der Waals surface area contributed by atoms with Crippen molar-refractivity contribution in [3.05, 3.63) is 101 Å². The molecule has 7 heteroatoms. The molecule has 0 spiro atoms. The molecule has 0 radical (unpaired) electrons. The third kappa shape index (κ3) is 3.96. The second-order valence-electron chi connectivity index (χ2n) is 9.72. The molecular formula is C30H26N2O5. The number of carbonyl (C=O) groups excluding carboxylic acids is 1. The summed E-state index contributed by atoms with van der Waals surface area (Å²) < 4.78 is 11.3. The molecule has 1 N–H and O–H groups in total. The minimum atomic E-state index is -0.865. The zero-order chi connectivity index (χ0) is 25.6. The molecule has 2 fully saturated rings. The molecule has 1 atom stereocenters. The average Bonchev–Trinajstić information content (AvgIpc) is 3.57. The molecule has 2 heterocycles. The molecule has 1 unspecified atom stereocenters. The van der Waals surface area contributed by atoms with Crippen LogP contribution in [-0.4, -0.2) is 33.8 Å². The Morgan fingerprint density at radius 3 is 2.41 bits per heavy atom. The maximum absolute atomic E-state index is 12.8. The first-order valence-electron chi connectivity index (χ1n) is 12.3. The standard InChI is InChI=1S/C30H26N2O5/c1-19-25(17-32-26(18-36-29(32)35)21-10-6-3-7-11-21)27(37-31-19)24-16-22(30(14-15-30)28(33)34)12-13-23(24)20-8-4-2-5-9-20/h2-13,16,26H,14-15,17-18H2,1H3,(H,33,34). The van der Waals surface area contributed by atoms with Crippen LogP contribution in [-0.2, 0) is 21.5 Å². The van der Waals surface area contributed by atoms with Crippen LogP contribution in [0.2, 0.25) is 0 Å². The largest absolute Gasteiger partial charge is 0.481 e. The minimum Gasteiger partial charge on any atom is -0.481 e. The van der Waals surface area contributed by atoms with E-state index in [0.717, 1.165) is 33.4 Å². The summed E-state index contributed by atoms with van der Waals surface area (Å²) in [7, 11) is 0. The zero-order valence-corrected chi connectivity index (χ0v) is 20.4. The zero-order valence-electron chi connectivity index (χ0n) is 20.4. The summed E-state index contributed by atoms with van der Waals surface area (Å²) in [5.41, 5.74) is 4.97. The molecule has 1 saturated heterocycles. The summed E-state index contributed by atoms with van der Waals surface area (Å²) in [5, 5.41) is 14.2. The summed E-state index contributed by atoms with van der Waals surface area (Å²) in [5.74, 6) is -0.281. The first-order valence-corrected chi connectivity index (χ1v) is 12.3. The van der Waals surface area contributed by atoms with E-state index in [1.54, 1.807) is 4.90 Å². The maximum atomic E-state index is 12.8. The SMILES string of the molecule is Cc1noc(-c2cc(C3(C(=O)O)CC3)ccc2-c2ccccc2)c1CN1C(=O)OCC1c1ccccc1. The number of carboxylic acid groups (broad SMARTS) is 1. The van der Waals surface area contributed by atoms with E-state index >= 15 is 0 Å². The van der Waals surface area contributed by atoms with Crippen molar-refractivity contribution in [1.29, 1.82) is 0 Å². The van der Waals surface area contributed by atoms with Crippen LogP contribution in [0.4, 0.5) is 4.79 Å². The minimum absolute atomic E-state index is 0.225. The van der Waals surface area contributed by atoms with E-state index in [1.807, 2.05) is 85.8 Å². The fourth-order valence-corrected chi connectivity index (χ4v) is 5.18. The van der Waals surface area contributed by atoms with E-state index in [0.29, 0.717) is 24.3 Å². The fourth-order valence-electron chi connectivity index (χ4n) is 5.18. The molecule has 37 heavy (non-hydrogen) atoms. The third-order valence-electron chi connectivity index (χ3n) is 7.53. The molecule has 7 nitrogen and oxygen atoms in total. The van der Waals surface area contributed by atoms with Crippen molar-refractivity contribution >= 4 is 12.1 Å². The van der Waals surface area contributed by atoms with Gasteiger partial charge in [-0.1, -0.05) is 78.0 Å². The topological polar surface area (TPSA) is 92.9 Å². The van der Waals surface area contributed by atoms with Crippen molar-refractivity contribution in [3.63, 3.8) is 0 Å². The number of aliphatic carboxylic acids is 1. The van der Waals surface area contributed by atoms with E-state index < -0.39 is 11.4 Å². The third-order valence-corrected chi connectivity index (χ3v) is 7.53. The van der Waals surface area contributed by atoms with Crippen molar-refractivity contribution in [1.82, 2.24) is 10.1 Å². The van der Waals surface area contributed by atoms with Gasteiger partial charge in [-0.25, -0.2) is 4.79 Å².